The van der Waals surface area contributed by atoms with Gasteiger partial charge in [-0.3, -0.25) is 0 Å². The van der Waals surface area contributed by atoms with Crippen molar-refractivity contribution in [1.29, 1.82) is 0 Å². The van der Waals surface area contributed by atoms with Crippen LogP contribution in [0, 0.1) is 12.8 Å². The number of benzene rings is 1. The normalized spacial score (nSPS) is 24.0. The van der Waals surface area contributed by atoms with Crippen LogP contribution in [0.25, 0.3) is 0 Å². The molecule has 0 saturated carbocycles. The lowest BCUT2D eigenvalue weighted by Crippen LogP contribution is -2.44. The summed E-state index contributed by atoms with van der Waals surface area (Å²) in [6.07, 6.45) is 3.54. The van der Waals surface area contributed by atoms with Gasteiger partial charge in [0.2, 0.25) is 0 Å². The van der Waals surface area contributed by atoms with Crippen LogP contribution >= 0.6 is 11.6 Å². The number of rotatable bonds is 6. The van der Waals surface area contributed by atoms with Gasteiger partial charge in [0.15, 0.2) is 0 Å². The van der Waals surface area contributed by atoms with Crippen LogP contribution in [0.3, 0.4) is 0 Å². The third-order valence-corrected chi connectivity index (χ3v) is 4.50. The monoisotopic (exact) mass is 295 g/mol. The van der Waals surface area contributed by atoms with E-state index in [1.165, 1.54) is 11.1 Å². The van der Waals surface area contributed by atoms with Gasteiger partial charge in [0, 0.05) is 17.7 Å². The zero-order valence-electron chi connectivity index (χ0n) is 12.8. The van der Waals surface area contributed by atoms with Gasteiger partial charge in [-0.1, -0.05) is 37.6 Å². The Morgan fingerprint density at radius 1 is 1.45 bits per heavy atom. The molecule has 0 radical (unpaired) electrons. The summed E-state index contributed by atoms with van der Waals surface area (Å²) in [7, 11) is 0. The molecule has 3 atom stereocenters. The molecule has 1 aliphatic heterocycles. The number of ether oxygens (including phenoxy) is 1. The van der Waals surface area contributed by atoms with Gasteiger partial charge in [0.05, 0.1) is 6.10 Å². The van der Waals surface area contributed by atoms with Crippen LogP contribution < -0.4 is 5.32 Å². The first-order chi connectivity index (χ1) is 9.61. The van der Waals surface area contributed by atoms with Gasteiger partial charge in [0.25, 0.3) is 0 Å². The van der Waals surface area contributed by atoms with Crippen molar-refractivity contribution in [2.45, 2.75) is 52.2 Å². The lowest BCUT2D eigenvalue weighted by molar-refractivity contribution is 0.0610. The molecule has 112 valence electrons. The molecular formula is C17H26ClNO. The summed E-state index contributed by atoms with van der Waals surface area (Å²) in [4.78, 5) is 0. The molecule has 1 fully saturated rings. The van der Waals surface area contributed by atoms with E-state index in [0.717, 1.165) is 37.4 Å². The predicted octanol–water partition coefficient (Wildman–Crippen LogP) is 3.98. The van der Waals surface area contributed by atoms with Crippen molar-refractivity contribution < 1.29 is 4.74 Å². The summed E-state index contributed by atoms with van der Waals surface area (Å²) >= 11 is 6.38. The molecule has 1 heterocycles. The van der Waals surface area contributed by atoms with Gasteiger partial charge in [-0.2, -0.15) is 0 Å². The van der Waals surface area contributed by atoms with E-state index >= 15 is 0 Å². The van der Waals surface area contributed by atoms with Crippen molar-refractivity contribution in [2.75, 3.05) is 13.2 Å². The van der Waals surface area contributed by atoms with E-state index in [1.54, 1.807) is 0 Å². The topological polar surface area (TPSA) is 21.3 Å². The van der Waals surface area contributed by atoms with E-state index in [4.69, 9.17) is 16.3 Å². The minimum Gasteiger partial charge on any atom is -0.376 e. The molecule has 0 spiro atoms. The zero-order valence-corrected chi connectivity index (χ0v) is 13.5. The summed E-state index contributed by atoms with van der Waals surface area (Å²) in [6.45, 7) is 8.47. The molecule has 1 aromatic carbocycles. The molecule has 2 nitrogen and oxygen atoms in total. The van der Waals surface area contributed by atoms with Gasteiger partial charge in [-0.25, -0.2) is 0 Å². The van der Waals surface area contributed by atoms with E-state index in [1.807, 2.05) is 6.07 Å². The van der Waals surface area contributed by atoms with Crippen molar-refractivity contribution in [3.05, 3.63) is 34.3 Å². The van der Waals surface area contributed by atoms with Crippen LogP contribution in [0.15, 0.2) is 18.2 Å². The third-order valence-electron chi connectivity index (χ3n) is 4.15. The lowest BCUT2D eigenvalue weighted by atomic mass is 9.92. The summed E-state index contributed by atoms with van der Waals surface area (Å²) < 4.78 is 5.95. The molecule has 0 amide bonds. The SMILES string of the molecule is CCCNC(Cc1ccc(C)cc1Cl)C1OCCC1C. The first-order valence-corrected chi connectivity index (χ1v) is 8.09. The maximum Gasteiger partial charge on any atom is 0.0757 e. The Hall–Kier alpha value is -0.570. The molecule has 1 aromatic rings. The van der Waals surface area contributed by atoms with Gasteiger partial charge in [0.1, 0.15) is 0 Å². The first-order valence-electron chi connectivity index (χ1n) is 7.71. The average molecular weight is 296 g/mol. The van der Waals surface area contributed by atoms with Gasteiger partial charge in [-0.15, -0.1) is 0 Å². The summed E-state index contributed by atoms with van der Waals surface area (Å²) in [5.41, 5.74) is 2.43. The summed E-state index contributed by atoms with van der Waals surface area (Å²) in [5, 5.41) is 4.52. The summed E-state index contributed by atoms with van der Waals surface area (Å²) in [6, 6.07) is 6.69. The first kappa shape index (κ1) is 15.8. The number of halogens is 1. The fraction of sp³-hybridized carbons (Fsp3) is 0.647. The van der Waals surface area contributed by atoms with Crippen LogP contribution in [0.5, 0.6) is 0 Å². The second-order valence-corrected chi connectivity index (χ2v) is 6.37. The average Bonchev–Trinajstić information content (AvgIpc) is 2.83. The highest BCUT2D eigenvalue weighted by molar-refractivity contribution is 6.31. The minimum atomic E-state index is 0.305. The molecule has 0 bridgehead atoms. The quantitative estimate of drug-likeness (QED) is 0.857. The Balaban J connectivity index is 2.10. The van der Waals surface area contributed by atoms with Gasteiger partial charge < -0.3 is 10.1 Å². The Bertz CT molecular complexity index is 435. The summed E-state index contributed by atoms with van der Waals surface area (Å²) in [5.74, 6) is 0.619. The van der Waals surface area contributed by atoms with Crippen molar-refractivity contribution >= 4 is 11.6 Å². The highest BCUT2D eigenvalue weighted by atomic mass is 35.5. The molecule has 2 rings (SSSR count). The standard InChI is InChI=1S/C17H26ClNO/c1-4-8-19-16(17-13(3)7-9-20-17)11-14-6-5-12(2)10-15(14)18/h5-6,10,13,16-17,19H,4,7-9,11H2,1-3H3. The zero-order chi connectivity index (χ0) is 14.5. The second-order valence-electron chi connectivity index (χ2n) is 5.96. The van der Waals surface area contributed by atoms with Gasteiger partial charge >= 0.3 is 0 Å². The number of aryl methyl sites for hydroxylation is 1. The maximum absolute atomic E-state index is 6.38. The van der Waals surface area contributed by atoms with Crippen molar-refractivity contribution in [1.82, 2.24) is 5.32 Å². The second kappa shape index (κ2) is 7.44. The van der Waals surface area contributed by atoms with Crippen molar-refractivity contribution in [3.63, 3.8) is 0 Å². The lowest BCUT2D eigenvalue weighted by Gasteiger charge is -2.27. The maximum atomic E-state index is 6.38. The number of hydrogen-bond donors (Lipinski definition) is 1. The molecule has 1 aliphatic rings. The van der Waals surface area contributed by atoms with E-state index in [0.29, 0.717) is 18.1 Å². The molecule has 20 heavy (non-hydrogen) atoms. The third kappa shape index (κ3) is 3.97. The van der Waals surface area contributed by atoms with Crippen LogP contribution in [0.4, 0.5) is 0 Å². The molecule has 1 saturated heterocycles. The molecule has 1 N–H and O–H groups in total. The van der Waals surface area contributed by atoms with Crippen LogP contribution in [0.2, 0.25) is 5.02 Å². The number of hydrogen-bond acceptors (Lipinski definition) is 2. The van der Waals surface area contributed by atoms with Crippen LogP contribution in [0.1, 0.15) is 37.8 Å². The Kier molecular flexibility index (Phi) is 5.88. The van der Waals surface area contributed by atoms with Crippen molar-refractivity contribution in [2.24, 2.45) is 5.92 Å². The minimum absolute atomic E-state index is 0.305. The molecule has 3 heteroatoms. The molecular weight excluding hydrogens is 270 g/mol. The Morgan fingerprint density at radius 3 is 2.85 bits per heavy atom. The van der Waals surface area contributed by atoms with Crippen LogP contribution in [-0.4, -0.2) is 25.3 Å². The van der Waals surface area contributed by atoms with E-state index in [2.05, 4.69) is 38.2 Å². The van der Waals surface area contributed by atoms with E-state index in [9.17, 15) is 0 Å². The fourth-order valence-corrected chi connectivity index (χ4v) is 3.23. The largest absolute Gasteiger partial charge is 0.376 e. The van der Waals surface area contributed by atoms with E-state index in [-0.39, 0.29) is 0 Å². The fourth-order valence-electron chi connectivity index (χ4n) is 2.92. The van der Waals surface area contributed by atoms with E-state index < -0.39 is 0 Å². The smallest absolute Gasteiger partial charge is 0.0757 e. The Morgan fingerprint density at radius 2 is 2.25 bits per heavy atom. The predicted molar refractivity (Wildman–Crippen MR) is 85.5 cm³/mol. The highest BCUT2D eigenvalue weighted by Gasteiger charge is 2.32. The molecule has 0 aromatic heterocycles. The highest BCUT2D eigenvalue weighted by Crippen LogP contribution is 2.27. The van der Waals surface area contributed by atoms with Gasteiger partial charge in [-0.05, 0) is 55.8 Å². The van der Waals surface area contributed by atoms with Crippen LogP contribution in [-0.2, 0) is 11.2 Å². The van der Waals surface area contributed by atoms with Crippen molar-refractivity contribution in [3.8, 4) is 0 Å². The molecule has 0 aliphatic carbocycles. The molecule has 3 unspecified atom stereocenters. The number of nitrogens with one attached hydrogen (secondary N) is 1. The Labute approximate surface area is 127 Å².